The molecule has 1 atom stereocenters. The smallest absolute Gasteiger partial charge is 0.221 e. The standard InChI is InChI=1S/C15H13NO/c1-10(17)16-13-6-7-15-12(9-13)8-11-4-2-3-5-14(11)15/h2-9,12H,1H3,(H,16,17)/t12-/m0/s1. The van der Waals surface area contributed by atoms with E-state index < -0.39 is 0 Å². The van der Waals surface area contributed by atoms with Gasteiger partial charge in [0.1, 0.15) is 0 Å². The van der Waals surface area contributed by atoms with Gasteiger partial charge in [0.15, 0.2) is 0 Å². The number of benzene rings is 1. The molecule has 0 fully saturated rings. The lowest BCUT2D eigenvalue weighted by Gasteiger charge is -2.14. The Hall–Kier alpha value is -2.09. The molecule has 0 radical (unpaired) electrons. The van der Waals surface area contributed by atoms with E-state index in [4.69, 9.17) is 0 Å². The minimum atomic E-state index is -0.0279. The Bertz CT molecular complexity index is 664. The molecule has 1 aromatic rings. The Morgan fingerprint density at radius 1 is 1.18 bits per heavy atom. The lowest BCUT2D eigenvalue weighted by molar-refractivity contribution is -0.118. The summed E-state index contributed by atoms with van der Waals surface area (Å²) >= 11 is 0. The van der Waals surface area contributed by atoms with Gasteiger partial charge >= 0.3 is 0 Å². The van der Waals surface area contributed by atoms with E-state index in [0.717, 1.165) is 5.70 Å². The summed E-state index contributed by atoms with van der Waals surface area (Å²) in [6, 6.07) is 8.38. The number of fused-ring (bicyclic) bond motifs is 2. The second-order valence-corrected chi connectivity index (χ2v) is 4.37. The van der Waals surface area contributed by atoms with Crippen LogP contribution in [0.5, 0.6) is 0 Å². The number of carbonyl (C=O) groups excluding carboxylic acids is 1. The summed E-state index contributed by atoms with van der Waals surface area (Å²) in [7, 11) is 0. The summed E-state index contributed by atoms with van der Waals surface area (Å²) in [5.41, 5.74) is 2.20. The first-order valence-electron chi connectivity index (χ1n) is 5.72. The molecule has 2 aliphatic carbocycles. The van der Waals surface area contributed by atoms with Crippen molar-refractivity contribution in [3.05, 3.63) is 58.6 Å². The SMILES string of the molecule is CC(=O)NC1=C[C@@H]2C=c3ccccc3=C2C=C1. The molecule has 0 bridgehead atoms. The molecule has 1 N–H and O–H groups in total. The molecule has 0 spiro atoms. The largest absolute Gasteiger partial charge is 0.327 e. The third kappa shape index (κ3) is 1.72. The highest BCUT2D eigenvalue weighted by Gasteiger charge is 2.17. The molecule has 3 rings (SSSR count). The van der Waals surface area contributed by atoms with Crippen molar-refractivity contribution in [1.29, 1.82) is 0 Å². The third-order valence-corrected chi connectivity index (χ3v) is 3.11. The molecule has 0 aliphatic heterocycles. The Kier molecular flexibility index (Phi) is 2.22. The zero-order valence-electron chi connectivity index (χ0n) is 9.60. The minimum Gasteiger partial charge on any atom is -0.327 e. The van der Waals surface area contributed by atoms with E-state index in [2.05, 4.69) is 47.8 Å². The topological polar surface area (TPSA) is 29.1 Å². The number of carbonyl (C=O) groups is 1. The molecule has 84 valence electrons. The van der Waals surface area contributed by atoms with Crippen molar-refractivity contribution in [2.75, 3.05) is 0 Å². The molecular formula is C15H13NO. The third-order valence-electron chi connectivity index (χ3n) is 3.11. The maximum atomic E-state index is 11.0. The second kappa shape index (κ2) is 3.74. The van der Waals surface area contributed by atoms with Crippen molar-refractivity contribution in [2.24, 2.45) is 5.92 Å². The molecule has 1 aromatic carbocycles. The minimum absolute atomic E-state index is 0.0279. The number of amides is 1. The van der Waals surface area contributed by atoms with E-state index in [1.54, 1.807) is 0 Å². The van der Waals surface area contributed by atoms with Gasteiger partial charge in [0.05, 0.1) is 0 Å². The molecule has 0 saturated heterocycles. The molecule has 0 unspecified atom stereocenters. The van der Waals surface area contributed by atoms with E-state index in [-0.39, 0.29) is 5.91 Å². The first-order valence-corrected chi connectivity index (χ1v) is 5.72. The first-order chi connectivity index (χ1) is 8.24. The molecule has 0 saturated carbocycles. The van der Waals surface area contributed by atoms with Gasteiger partial charge in [-0.05, 0) is 28.2 Å². The molecular weight excluding hydrogens is 210 g/mol. The van der Waals surface area contributed by atoms with Gasteiger partial charge in [-0.3, -0.25) is 4.79 Å². The van der Waals surface area contributed by atoms with Gasteiger partial charge in [-0.1, -0.05) is 36.4 Å². The fraction of sp³-hybridized carbons (Fsp3) is 0.133. The van der Waals surface area contributed by atoms with Crippen molar-refractivity contribution < 1.29 is 4.79 Å². The van der Waals surface area contributed by atoms with E-state index in [9.17, 15) is 4.79 Å². The van der Waals surface area contributed by atoms with Crippen LogP contribution < -0.4 is 15.8 Å². The zero-order chi connectivity index (χ0) is 11.8. The Labute approximate surface area is 99.7 Å². The summed E-state index contributed by atoms with van der Waals surface area (Å²) in [6.45, 7) is 1.53. The second-order valence-electron chi connectivity index (χ2n) is 4.37. The van der Waals surface area contributed by atoms with Crippen LogP contribution in [0.3, 0.4) is 0 Å². The Morgan fingerprint density at radius 2 is 2.00 bits per heavy atom. The van der Waals surface area contributed by atoms with Crippen LogP contribution in [0.1, 0.15) is 6.92 Å². The average molecular weight is 223 g/mol. The van der Waals surface area contributed by atoms with Crippen LogP contribution >= 0.6 is 0 Å². The zero-order valence-corrected chi connectivity index (χ0v) is 9.60. The van der Waals surface area contributed by atoms with Crippen molar-refractivity contribution in [2.45, 2.75) is 6.92 Å². The molecule has 0 heterocycles. The summed E-state index contributed by atoms with van der Waals surface area (Å²) in [5, 5.41) is 5.40. The first kappa shape index (κ1) is 10.1. The van der Waals surface area contributed by atoms with Crippen LogP contribution in [0.15, 0.2) is 48.2 Å². The predicted molar refractivity (Wildman–Crippen MR) is 68.1 cm³/mol. The van der Waals surface area contributed by atoms with Crippen LogP contribution in [0.2, 0.25) is 0 Å². The van der Waals surface area contributed by atoms with Crippen molar-refractivity contribution in [3.63, 3.8) is 0 Å². The molecule has 1 amide bonds. The molecule has 0 aromatic heterocycles. The normalized spacial score (nSPS) is 20.2. The Balaban J connectivity index is 2.07. The fourth-order valence-corrected chi connectivity index (χ4v) is 2.42. The van der Waals surface area contributed by atoms with Gasteiger partial charge in [-0.25, -0.2) is 0 Å². The Morgan fingerprint density at radius 3 is 2.82 bits per heavy atom. The van der Waals surface area contributed by atoms with Crippen molar-refractivity contribution in [1.82, 2.24) is 5.32 Å². The van der Waals surface area contributed by atoms with Gasteiger partial charge in [0.25, 0.3) is 0 Å². The monoisotopic (exact) mass is 223 g/mol. The highest BCUT2D eigenvalue weighted by molar-refractivity contribution is 5.79. The maximum absolute atomic E-state index is 11.0. The quantitative estimate of drug-likeness (QED) is 0.751. The van der Waals surface area contributed by atoms with Gasteiger partial charge in [-0.15, -0.1) is 0 Å². The fourth-order valence-electron chi connectivity index (χ4n) is 2.42. The predicted octanol–water partition coefficient (Wildman–Crippen LogP) is 0.837. The van der Waals surface area contributed by atoms with E-state index in [1.165, 1.54) is 22.9 Å². The van der Waals surface area contributed by atoms with Crippen LogP contribution in [-0.4, -0.2) is 5.91 Å². The van der Waals surface area contributed by atoms with Crippen LogP contribution in [0.4, 0.5) is 0 Å². The van der Waals surface area contributed by atoms with Crippen LogP contribution in [-0.2, 0) is 4.79 Å². The summed E-state index contributed by atoms with van der Waals surface area (Å²) in [4.78, 5) is 11.0. The van der Waals surface area contributed by atoms with Gasteiger partial charge in [0, 0.05) is 18.5 Å². The van der Waals surface area contributed by atoms with Crippen LogP contribution in [0, 0.1) is 5.92 Å². The van der Waals surface area contributed by atoms with E-state index in [1.807, 2.05) is 6.08 Å². The van der Waals surface area contributed by atoms with Crippen LogP contribution in [0.25, 0.3) is 11.6 Å². The molecule has 2 nitrogen and oxygen atoms in total. The van der Waals surface area contributed by atoms with Crippen molar-refractivity contribution in [3.8, 4) is 0 Å². The number of rotatable bonds is 1. The number of hydrogen-bond acceptors (Lipinski definition) is 1. The lowest BCUT2D eigenvalue weighted by atomic mass is 9.95. The average Bonchev–Trinajstić information content (AvgIpc) is 2.65. The molecule has 2 aliphatic rings. The van der Waals surface area contributed by atoms with Crippen molar-refractivity contribution >= 4 is 17.6 Å². The number of nitrogens with one attached hydrogen (secondary N) is 1. The molecule has 17 heavy (non-hydrogen) atoms. The summed E-state index contributed by atoms with van der Waals surface area (Å²) in [5.74, 6) is 0.263. The van der Waals surface area contributed by atoms with E-state index >= 15 is 0 Å². The highest BCUT2D eigenvalue weighted by Crippen LogP contribution is 2.24. The van der Waals surface area contributed by atoms with Gasteiger partial charge in [0.2, 0.25) is 5.91 Å². The van der Waals surface area contributed by atoms with E-state index in [0.29, 0.717) is 5.92 Å². The van der Waals surface area contributed by atoms with Gasteiger partial charge < -0.3 is 5.32 Å². The number of allylic oxidation sites excluding steroid dienone is 3. The lowest BCUT2D eigenvalue weighted by Crippen LogP contribution is -2.22. The highest BCUT2D eigenvalue weighted by atomic mass is 16.1. The maximum Gasteiger partial charge on any atom is 0.221 e. The summed E-state index contributed by atoms with van der Waals surface area (Å²) in [6.07, 6.45) is 8.38. The van der Waals surface area contributed by atoms with Gasteiger partial charge in [-0.2, -0.15) is 0 Å². The molecule has 2 heteroatoms. The number of hydrogen-bond donors (Lipinski definition) is 1. The summed E-state index contributed by atoms with van der Waals surface area (Å²) < 4.78 is 0.